The molecule has 0 aliphatic carbocycles. The summed E-state index contributed by atoms with van der Waals surface area (Å²) >= 11 is 0. The molecule has 1 N–H and O–H groups in total. The van der Waals surface area contributed by atoms with E-state index in [0.29, 0.717) is 11.8 Å². The summed E-state index contributed by atoms with van der Waals surface area (Å²) in [6.07, 6.45) is 1.65. The first-order valence-corrected chi connectivity index (χ1v) is 9.84. The molecule has 0 fully saturated rings. The van der Waals surface area contributed by atoms with Crippen LogP contribution >= 0.6 is 0 Å². The highest BCUT2D eigenvalue weighted by atomic mass is 15.3. The van der Waals surface area contributed by atoms with Crippen molar-refractivity contribution in [3.05, 3.63) is 66.4 Å². The molecule has 1 aromatic heterocycles. The van der Waals surface area contributed by atoms with E-state index in [1.165, 1.54) is 11.3 Å². The maximum absolute atomic E-state index is 4.66. The highest BCUT2D eigenvalue weighted by Crippen LogP contribution is 2.21. The van der Waals surface area contributed by atoms with Gasteiger partial charge < -0.3 is 15.1 Å². The smallest absolute Gasteiger partial charge is 0.247 e. The van der Waals surface area contributed by atoms with Crippen LogP contribution in [0.15, 0.2) is 60.8 Å². The summed E-state index contributed by atoms with van der Waals surface area (Å²) in [4.78, 5) is 9.08. The number of nitrogens with zero attached hydrogens (tertiary/aromatic N) is 5. The SMILES string of the molecule is CCN(CC)c1ccc(Nc2cnnc(N(CC)Cc3ccccc3)n2)cc1. The minimum Gasteiger partial charge on any atom is -0.372 e. The summed E-state index contributed by atoms with van der Waals surface area (Å²) in [5, 5.41) is 11.7. The Bertz CT molecular complexity index is 846. The van der Waals surface area contributed by atoms with Crippen molar-refractivity contribution in [3.8, 4) is 0 Å². The number of nitrogens with one attached hydrogen (secondary N) is 1. The van der Waals surface area contributed by atoms with E-state index in [9.17, 15) is 0 Å². The molecule has 3 aromatic rings. The number of benzene rings is 2. The number of hydrogen-bond acceptors (Lipinski definition) is 6. The van der Waals surface area contributed by atoms with Crippen LogP contribution in [0.4, 0.5) is 23.1 Å². The number of aromatic nitrogens is 3. The van der Waals surface area contributed by atoms with E-state index in [4.69, 9.17) is 0 Å². The fourth-order valence-electron chi connectivity index (χ4n) is 3.11. The lowest BCUT2D eigenvalue weighted by Gasteiger charge is -2.21. The summed E-state index contributed by atoms with van der Waals surface area (Å²) in [6.45, 7) is 9.97. The van der Waals surface area contributed by atoms with Crippen molar-refractivity contribution in [2.75, 3.05) is 34.8 Å². The largest absolute Gasteiger partial charge is 0.372 e. The molecule has 0 aliphatic rings. The molecule has 0 saturated heterocycles. The van der Waals surface area contributed by atoms with Crippen molar-refractivity contribution in [2.24, 2.45) is 0 Å². The summed E-state index contributed by atoms with van der Waals surface area (Å²) < 4.78 is 0. The molecule has 6 nitrogen and oxygen atoms in total. The summed E-state index contributed by atoms with van der Waals surface area (Å²) in [5.74, 6) is 1.31. The van der Waals surface area contributed by atoms with E-state index in [1.807, 2.05) is 18.2 Å². The van der Waals surface area contributed by atoms with Gasteiger partial charge in [0.15, 0.2) is 5.82 Å². The van der Waals surface area contributed by atoms with E-state index in [0.717, 1.165) is 31.9 Å². The monoisotopic (exact) mass is 376 g/mol. The third kappa shape index (κ3) is 4.97. The van der Waals surface area contributed by atoms with Crippen LogP contribution in [0.2, 0.25) is 0 Å². The third-order valence-electron chi connectivity index (χ3n) is 4.70. The molecule has 0 unspecified atom stereocenters. The van der Waals surface area contributed by atoms with Gasteiger partial charge in [-0.05, 0) is 50.6 Å². The van der Waals surface area contributed by atoms with E-state index >= 15 is 0 Å². The average molecular weight is 377 g/mol. The van der Waals surface area contributed by atoms with Crippen LogP contribution in [0, 0.1) is 0 Å². The summed E-state index contributed by atoms with van der Waals surface area (Å²) in [5.41, 5.74) is 3.42. The minimum atomic E-state index is 0.621. The van der Waals surface area contributed by atoms with Crippen LogP contribution in [0.5, 0.6) is 0 Å². The van der Waals surface area contributed by atoms with E-state index in [-0.39, 0.29) is 0 Å². The van der Waals surface area contributed by atoms with E-state index < -0.39 is 0 Å². The Hall–Kier alpha value is -3.15. The molecule has 0 saturated carbocycles. The molecular formula is C22H28N6. The maximum Gasteiger partial charge on any atom is 0.247 e. The zero-order chi connectivity index (χ0) is 19.8. The van der Waals surface area contributed by atoms with Gasteiger partial charge in [-0.2, -0.15) is 10.1 Å². The van der Waals surface area contributed by atoms with Crippen LogP contribution in [-0.4, -0.2) is 34.8 Å². The first-order valence-electron chi connectivity index (χ1n) is 9.84. The fraction of sp³-hybridized carbons (Fsp3) is 0.318. The van der Waals surface area contributed by atoms with Gasteiger partial charge in [0.1, 0.15) is 0 Å². The molecule has 2 aromatic carbocycles. The lowest BCUT2D eigenvalue weighted by Crippen LogP contribution is -2.24. The molecule has 0 aliphatic heterocycles. The standard InChI is InChI=1S/C22H28N6/c1-4-27(5-2)20-14-12-19(13-15-20)24-21-16-23-26-22(25-21)28(6-3)17-18-10-8-7-9-11-18/h7-16H,4-6,17H2,1-3H3,(H,24,25,26). The lowest BCUT2D eigenvalue weighted by atomic mass is 10.2. The predicted octanol–water partition coefficient (Wildman–Crippen LogP) is 4.49. The second-order valence-corrected chi connectivity index (χ2v) is 6.49. The van der Waals surface area contributed by atoms with Crippen molar-refractivity contribution in [1.82, 2.24) is 15.2 Å². The van der Waals surface area contributed by atoms with Crippen molar-refractivity contribution >= 4 is 23.1 Å². The van der Waals surface area contributed by atoms with Gasteiger partial charge >= 0.3 is 0 Å². The Morgan fingerprint density at radius 2 is 1.50 bits per heavy atom. The summed E-state index contributed by atoms with van der Waals surface area (Å²) in [7, 11) is 0. The Balaban J connectivity index is 1.72. The molecule has 0 atom stereocenters. The van der Waals surface area contributed by atoms with Crippen molar-refractivity contribution in [2.45, 2.75) is 27.3 Å². The van der Waals surface area contributed by atoms with Gasteiger partial charge in [0.05, 0.1) is 6.20 Å². The lowest BCUT2D eigenvalue weighted by molar-refractivity contribution is 0.771. The molecule has 28 heavy (non-hydrogen) atoms. The first kappa shape index (κ1) is 19.6. The number of hydrogen-bond donors (Lipinski definition) is 1. The number of anilines is 4. The number of rotatable bonds is 9. The molecule has 3 rings (SSSR count). The Morgan fingerprint density at radius 3 is 2.14 bits per heavy atom. The highest BCUT2D eigenvalue weighted by molar-refractivity contribution is 5.60. The molecule has 1 heterocycles. The molecule has 0 radical (unpaired) electrons. The maximum atomic E-state index is 4.66. The van der Waals surface area contributed by atoms with E-state index in [2.05, 4.69) is 87.5 Å². The van der Waals surface area contributed by atoms with Gasteiger partial charge in [0.25, 0.3) is 0 Å². The quantitative estimate of drug-likeness (QED) is 0.594. The Kier molecular flexibility index (Phi) is 6.78. The Morgan fingerprint density at radius 1 is 0.821 bits per heavy atom. The van der Waals surface area contributed by atoms with Crippen molar-refractivity contribution in [1.29, 1.82) is 0 Å². The topological polar surface area (TPSA) is 57.2 Å². The normalized spacial score (nSPS) is 10.5. The van der Waals surface area contributed by atoms with Crippen LogP contribution in [0.25, 0.3) is 0 Å². The molecule has 0 spiro atoms. The zero-order valence-corrected chi connectivity index (χ0v) is 16.8. The zero-order valence-electron chi connectivity index (χ0n) is 16.8. The predicted molar refractivity (Wildman–Crippen MR) is 116 cm³/mol. The van der Waals surface area contributed by atoms with Crippen LogP contribution in [-0.2, 0) is 6.54 Å². The molecular weight excluding hydrogens is 348 g/mol. The van der Waals surface area contributed by atoms with Gasteiger partial charge in [-0.1, -0.05) is 30.3 Å². The van der Waals surface area contributed by atoms with Crippen LogP contribution in [0.3, 0.4) is 0 Å². The van der Waals surface area contributed by atoms with Crippen molar-refractivity contribution in [3.63, 3.8) is 0 Å². The molecule has 6 heteroatoms. The van der Waals surface area contributed by atoms with Gasteiger partial charge in [0.2, 0.25) is 5.95 Å². The first-order chi connectivity index (χ1) is 13.7. The van der Waals surface area contributed by atoms with Gasteiger partial charge in [-0.15, -0.1) is 5.10 Å². The van der Waals surface area contributed by atoms with Gasteiger partial charge in [0, 0.05) is 37.6 Å². The van der Waals surface area contributed by atoms with Gasteiger partial charge in [-0.25, -0.2) is 0 Å². The van der Waals surface area contributed by atoms with Gasteiger partial charge in [-0.3, -0.25) is 0 Å². The fourth-order valence-corrected chi connectivity index (χ4v) is 3.11. The Labute approximate surface area is 167 Å². The third-order valence-corrected chi connectivity index (χ3v) is 4.70. The molecule has 0 bridgehead atoms. The van der Waals surface area contributed by atoms with Crippen molar-refractivity contribution < 1.29 is 0 Å². The minimum absolute atomic E-state index is 0.621. The second-order valence-electron chi connectivity index (χ2n) is 6.49. The van der Waals surface area contributed by atoms with E-state index in [1.54, 1.807) is 6.20 Å². The van der Waals surface area contributed by atoms with Crippen LogP contribution in [0.1, 0.15) is 26.3 Å². The summed E-state index contributed by atoms with van der Waals surface area (Å²) in [6, 6.07) is 18.7. The highest BCUT2D eigenvalue weighted by Gasteiger charge is 2.10. The van der Waals surface area contributed by atoms with Crippen LogP contribution < -0.4 is 15.1 Å². The average Bonchev–Trinajstić information content (AvgIpc) is 2.75. The second kappa shape index (κ2) is 9.69. The molecule has 146 valence electrons. The molecule has 0 amide bonds.